The molecule has 1 amide bonds. The topological polar surface area (TPSA) is 23.6 Å². The van der Waals surface area contributed by atoms with E-state index in [0.717, 1.165) is 31.5 Å². The first-order valence-electron chi connectivity index (χ1n) is 8.68. The summed E-state index contributed by atoms with van der Waals surface area (Å²) in [5, 5.41) is 0. The summed E-state index contributed by atoms with van der Waals surface area (Å²) in [6, 6.07) is 8.55. The Morgan fingerprint density at radius 2 is 2.04 bits per heavy atom. The van der Waals surface area contributed by atoms with E-state index >= 15 is 0 Å². The molecule has 3 heteroatoms. The third kappa shape index (κ3) is 3.36. The zero-order chi connectivity index (χ0) is 17.1. The van der Waals surface area contributed by atoms with Crippen molar-refractivity contribution in [2.24, 2.45) is 0 Å². The van der Waals surface area contributed by atoms with Gasteiger partial charge >= 0.3 is 0 Å². The summed E-state index contributed by atoms with van der Waals surface area (Å²) in [7, 11) is 4.23. The Bertz CT molecular complexity index is 725. The zero-order valence-corrected chi connectivity index (χ0v) is 14.9. The van der Waals surface area contributed by atoms with E-state index in [4.69, 9.17) is 0 Å². The molecule has 3 rings (SSSR count). The predicted octanol–water partition coefficient (Wildman–Crippen LogP) is 3.99. The molecular weight excluding hydrogens is 296 g/mol. The summed E-state index contributed by atoms with van der Waals surface area (Å²) in [5.41, 5.74) is 6.37. The lowest BCUT2D eigenvalue weighted by Crippen LogP contribution is -2.28. The summed E-state index contributed by atoms with van der Waals surface area (Å²) in [6.45, 7) is 3.40. The van der Waals surface area contributed by atoms with Crippen LogP contribution in [-0.4, -0.2) is 36.3 Å². The Labute approximate surface area is 145 Å². The second-order valence-electron chi connectivity index (χ2n) is 6.81. The second-order valence-corrected chi connectivity index (χ2v) is 6.81. The van der Waals surface area contributed by atoms with Gasteiger partial charge in [0, 0.05) is 12.6 Å². The summed E-state index contributed by atoms with van der Waals surface area (Å²) >= 11 is 0. The van der Waals surface area contributed by atoms with Crippen molar-refractivity contribution >= 4 is 11.5 Å². The second kappa shape index (κ2) is 7.18. The highest BCUT2D eigenvalue weighted by Gasteiger charge is 2.27. The first-order valence-corrected chi connectivity index (χ1v) is 8.68. The van der Waals surface area contributed by atoms with Crippen molar-refractivity contribution in [2.75, 3.05) is 20.6 Å². The number of fused-ring (bicyclic) bond motifs is 2. The maximum Gasteiger partial charge on any atom is 0.224 e. The zero-order valence-electron chi connectivity index (χ0n) is 14.9. The van der Waals surface area contributed by atoms with E-state index < -0.39 is 0 Å². The van der Waals surface area contributed by atoms with Gasteiger partial charge in [0.05, 0.1) is 6.54 Å². The molecule has 0 saturated heterocycles. The molecule has 1 aromatic rings. The van der Waals surface area contributed by atoms with Gasteiger partial charge in [0.1, 0.15) is 0 Å². The van der Waals surface area contributed by atoms with Crippen molar-refractivity contribution in [3.05, 3.63) is 64.9 Å². The number of nitrogens with zero attached hydrogens (tertiary/aromatic N) is 2. The van der Waals surface area contributed by atoms with Gasteiger partial charge < -0.3 is 9.80 Å². The standard InChI is InChI=1S/C21H26N2O/c1-16(24)23-15-17-9-4-5-10-18(17)19(12-8-14-22(2)3)20-11-6-7-13-21(20)23/h4-7,9-10,13H,8,11-12,14-15H2,1-3H3. The van der Waals surface area contributed by atoms with Gasteiger partial charge in [-0.05, 0) is 68.3 Å². The van der Waals surface area contributed by atoms with Crippen LogP contribution >= 0.6 is 0 Å². The quantitative estimate of drug-likeness (QED) is 0.837. The van der Waals surface area contributed by atoms with Gasteiger partial charge in [-0.1, -0.05) is 36.4 Å². The average molecular weight is 322 g/mol. The molecule has 24 heavy (non-hydrogen) atoms. The third-order valence-corrected chi connectivity index (χ3v) is 4.76. The molecule has 1 aliphatic carbocycles. The van der Waals surface area contributed by atoms with Crippen molar-refractivity contribution in [1.82, 2.24) is 9.80 Å². The number of carbonyl (C=O) groups excluding carboxylic acids is 1. The SMILES string of the molecule is CC(=O)N1Cc2ccccc2C(CCCN(C)C)=C2CC=CC=C21. The van der Waals surface area contributed by atoms with Crippen LogP contribution in [0.2, 0.25) is 0 Å². The van der Waals surface area contributed by atoms with Crippen LogP contribution in [-0.2, 0) is 11.3 Å². The maximum atomic E-state index is 12.3. The van der Waals surface area contributed by atoms with E-state index in [9.17, 15) is 4.79 Å². The molecule has 126 valence electrons. The Hall–Kier alpha value is -2.13. The van der Waals surface area contributed by atoms with Gasteiger partial charge in [-0.2, -0.15) is 0 Å². The average Bonchev–Trinajstić information content (AvgIpc) is 2.70. The Balaban J connectivity index is 2.08. The highest BCUT2D eigenvalue weighted by Crippen LogP contribution is 2.39. The molecule has 1 aromatic carbocycles. The van der Waals surface area contributed by atoms with Crippen LogP contribution in [0.15, 0.2) is 53.8 Å². The number of rotatable bonds is 4. The van der Waals surface area contributed by atoms with E-state index in [1.807, 2.05) is 4.90 Å². The molecule has 1 aliphatic heterocycles. The number of hydrogen-bond donors (Lipinski definition) is 0. The molecule has 1 heterocycles. The molecular formula is C21H26N2O. The minimum atomic E-state index is 0.110. The minimum Gasteiger partial charge on any atom is -0.309 e. The molecule has 0 saturated carbocycles. The Kier molecular flexibility index (Phi) is 5.00. The van der Waals surface area contributed by atoms with Crippen LogP contribution in [0.1, 0.15) is 37.3 Å². The molecule has 0 atom stereocenters. The van der Waals surface area contributed by atoms with E-state index in [0.29, 0.717) is 6.54 Å². The largest absolute Gasteiger partial charge is 0.309 e. The van der Waals surface area contributed by atoms with Gasteiger partial charge in [-0.3, -0.25) is 4.79 Å². The molecule has 0 fully saturated rings. The number of hydrogen-bond acceptors (Lipinski definition) is 2. The van der Waals surface area contributed by atoms with Crippen LogP contribution in [0.4, 0.5) is 0 Å². The predicted molar refractivity (Wildman–Crippen MR) is 99.2 cm³/mol. The summed E-state index contributed by atoms with van der Waals surface area (Å²) < 4.78 is 0. The smallest absolute Gasteiger partial charge is 0.224 e. The minimum absolute atomic E-state index is 0.110. The van der Waals surface area contributed by atoms with Gasteiger partial charge in [0.25, 0.3) is 0 Å². The number of benzene rings is 1. The summed E-state index contributed by atoms with van der Waals surface area (Å²) in [4.78, 5) is 16.4. The number of carbonyl (C=O) groups is 1. The van der Waals surface area contributed by atoms with E-state index in [1.165, 1.54) is 22.3 Å². The summed E-state index contributed by atoms with van der Waals surface area (Å²) in [6.07, 6.45) is 9.43. The number of allylic oxidation sites excluding steroid dienone is 5. The van der Waals surface area contributed by atoms with Crippen LogP contribution in [0.3, 0.4) is 0 Å². The van der Waals surface area contributed by atoms with Crippen molar-refractivity contribution in [3.63, 3.8) is 0 Å². The van der Waals surface area contributed by atoms with Crippen LogP contribution in [0, 0.1) is 0 Å². The van der Waals surface area contributed by atoms with E-state index in [-0.39, 0.29) is 5.91 Å². The van der Waals surface area contributed by atoms with Gasteiger partial charge in [0.2, 0.25) is 5.91 Å². The molecule has 0 spiro atoms. The molecule has 0 N–H and O–H groups in total. The fourth-order valence-corrected chi connectivity index (χ4v) is 3.59. The van der Waals surface area contributed by atoms with Crippen molar-refractivity contribution < 1.29 is 4.79 Å². The van der Waals surface area contributed by atoms with Crippen LogP contribution in [0.25, 0.3) is 5.57 Å². The normalized spacial score (nSPS) is 16.7. The van der Waals surface area contributed by atoms with Crippen molar-refractivity contribution in [3.8, 4) is 0 Å². The lowest BCUT2D eigenvalue weighted by molar-refractivity contribution is -0.127. The highest BCUT2D eigenvalue weighted by atomic mass is 16.2. The van der Waals surface area contributed by atoms with Crippen molar-refractivity contribution in [2.45, 2.75) is 32.7 Å². The molecule has 0 radical (unpaired) electrons. The van der Waals surface area contributed by atoms with Gasteiger partial charge in [-0.25, -0.2) is 0 Å². The fourth-order valence-electron chi connectivity index (χ4n) is 3.59. The lowest BCUT2D eigenvalue weighted by atomic mass is 9.89. The highest BCUT2D eigenvalue weighted by molar-refractivity contribution is 5.83. The lowest BCUT2D eigenvalue weighted by Gasteiger charge is -2.26. The first kappa shape index (κ1) is 16.7. The van der Waals surface area contributed by atoms with Gasteiger partial charge in [-0.15, -0.1) is 0 Å². The molecule has 0 unspecified atom stereocenters. The molecule has 3 nitrogen and oxygen atoms in total. The third-order valence-electron chi connectivity index (χ3n) is 4.76. The summed E-state index contributed by atoms with van der Waals surface area (Å²) in [5.74, 6) is 0.110. The fraction of sp³-hybridized carbons (Fsp3) is 0.381. The Morgan fingerprint density at radius 3 is 2.79 bits per heavy atom. The number of amides is 1. The van der Waals surface area contributed by atoms with E-state index in [2.05, 4.69) is 61.5 Å². The van der Waals surface area contributed by atoms with E-state index in [1.54, 1.807) is 6.92 Å². The van der Waals surface area contributed by atoms with Gasteiger partial charge in [0.15, 0.2) is 0 Å². The molecule has 2 aliphatic rings. The van der Waals surface area contributed by atoms with Crippen molar-refractivity contribution in [1.29, 1.82) is 0 Å². The molecule has 0 aromatic heterocycles. The Morgan fingerprint density at radius 1 is 1.25 bits per heavy atom. The monoisotopic (exact) mass is 322 g/mol. The van der Waals surface area contributed by atoms with Crippen LogP contribution < -0.4 is 0 Å². The first-order chi connectivity index (χ1) is 11.6. The maximum absolute atomic E-state index is 12.3. The van der Waals surface area contributed by atoms with Crippen LogP contribution in [0.5, 0.6) is 0 Å². The molecule has 0 bridgehead atoms.